The lowest BCUT2D eigenvalue weighted by Crippen LogP contribution is -2.18. The van der Waals surface area contributed by atoms with Crippen LogP contribution in [0.1, 0.15) is 52.4 Å². The molecule has 91 valence electrons. The Bertz CT molecular complexity index is 115. The number of hydrogen-bond donors (Lipinski definition) is 0. The summed E-state index contributed by atoms with van der Waals surface area (Å²) >= 11 is 0. The van der Waals surface area contributed by atoms with E-state index in [4.69, 9.17) is 9.47 Å². The van der Waals surface area contributed by atoms with Crippen molar-refractivity contribution in [2.24, 2.45) is 0 Å². The van der Waals surface area contributed by atoms with Crippen LogP contribution in [0.15, 0.2) is 0 Å². The van der Waals surface area contributed by atoms with Gasteiger partial charge in [-0.05, 0) is 12.8 Å². The van der Waals surface area contributed by atoms with Gasteiger partial charge < -0.3 is 9.47 Å². The second-order valence-corrected chi connectivity index (χ2v) is 4.01. The van der Waals surface area contributed by atoms with Crippen molar-refractivity contribution in [1.82, 2.24) is 0 Å². The highest BCUT2D eigenvalue weighted by molar-refractivity contribution is 4.59. The molecule has 15 heavy (non-hydrogen) atoms. The summed E-state index contributed by atoms with van der Waals surface area (Å²) in [5.41, 5.74) is 0. The molecule has 0 spiro atoms. The van der Waals surface area contributed by atoms with Crippen molar-refractivity contribution in [1.29, 1.82) is 0 Å². The largest absolute Gasteiger partial charge is 0.379 e. The van der Waals surface area contributed by atoms with Gasteiger partial charge in [0.1, 0.15) is 0 Å². The van der Waals surface area contributed by atoms with E-state index in [1.165, 1.54) is 32.1 Å². The lowest BCUT2D eigenvalue weighted by atomic mass is 10.1. The van der Waals surface area contributed by atoms with Crippen LogP contribution in [0.4, 0.5) is 0 Å². The van der Waals surface area contributed by atoms with Crippen molar-refractivity contribution >= 4 is 0 Å². The number of ether oxygens (including phenoxy) is 2. The maximum absolute atomic E-state index is 5.43. The fourth-order valence-electron chi connectivity index (χ4n) is 1.56. The molecule has 0 rings (SSSR count). The molecule has 0 aliphatic carbocycles. The van der Waals surface area contributed by atoms with Crippen LogP contribution in [-0.4, -0.2) is 26.4 Å². The van der Waals surface area contributed by atoms with Gasteiger partial charge in [-0.1, -0.05) is 46.0 Å². The van der Waals surface area contributed by atoms with Crippen molar-refractivity contribution < 1.29 is 9.47 Å². The zero-order chi connectivity index (χ0) is 11.4. The zero-order valence-electron chi connectivity index (χ0n) is 10.6. The molecule has 0 aromatic rings. The summed E-state index contributed by atoms with van der Waals surface area (Å²) in [7, 11) is 1.77. The average Bonchev–Trinajstić information content (AvgIpc) is 2.26. The Morgan fingerprint density at radius 3 is 2.47 bits per heavy atom. The molecule has 0 heterocycles. The van der Waals surface area contributed by atoms with E-state index in [9.17, 15) is 0 Å². The molecule has 1 atom stereocenters. The fourth-order valence-corrected chi connectivity index (χ4v) is 1.56. The zero-order valence-corrected chi connectivity index (χ0v) is 10.6. The van der Waals surface area contributed by atoms with Gasteiger partial charge in [-0.2, -0.15) is 0 Å². The van der Waals surface area contributed by atoms with E-state index in [2.05, 4.69) is 6.92 Å². The minimum Gasteiger partial charge on any atom is -0.379 e. The molecule has 1 radical (unpaired) electrons. The molecule has 0 aromatic carbocycles. The third kappa shape index (κ3) is 10.2. The van der Waals surface area contributed by atoms with Gasteiger partial charge in [0, 0.05) is 13.7 Å². The highest BCUT2D eigenvalue weighted by atomic mass is 16.5. The van der Waals surface area contributed by atoms with Crippen molar-refractivity contribution in [2.45, 2.75) is 58.5 Å². The third-order valence-electron chi connectivity index (χ3n) is 2.55. The van der Waals surface area contributed by atoms with Gasteiger partial charge in [-0.25, -0.2) is 0 Å². The standard InChI is InChI=1S/C13H27O2/c1-4-6-7-8-9-10-13(14-3)12-15-11-5-2/h5,13H,4,6-12H2,1-3H3. The van der Waals surface area contributed by atoms with Gasteiger partial charge in [0.05, 0.1) is 12.7 Å². The lowest BCUT2D eigenvalue weighted by molar-refractivity contribution is 0.00936. The van der Waals surface area contributed by atoms with Crippen LogP contribution in [0.2, 0.25) is 0 Å². The normalized spacial score (nSPS) is 13.0. The van der Waals surface area contributed by atoms with Gasteiger partial charge in [-0.3, -0.25) is 0 Å². The molecule has 0 N–H and O–H groups in total. The second-order valence-electron chi connectivity index (χ2n) is 4.01. The Morgan fingerprint density at radius 2 is 1.87 bits per heavy atom. The van der Waals surface area contributed by atoms with Crippen LogP contribution < -0.4 is 0 Å². The van der Waals surface area contributed by atoms with Crippen LogP contribution in [0.25, 0.3) is 0 Å². The highest BCUT2D eigenvalue weighted by Gasteiger charge is 2.06. The molecular formula is C13H27O2. The molecule has 0 amide bonds. The van der Waals surface area contributed by atoms with Crippen LogP contribution >= 0.6 is 0 Å². The maximum Gasteiger partial charge on any atom is 0.0804 e. The van der Waals surface area contributed by atoms with Gasteiger partial charge >= 0.3 is 0 Å². The second kappa shape index (κ2) is 12.0. The Kier molecular flexibility index (Phi) is 11.9. The van der Waals surface area contributed by atoms with E-state index in [0.717, 1.165) is 19.6 Å². The van der Waals surface area contributed by atoms with Crippen molar-refractivity contribution in [3.05, 3.63) is 6.42 Å². The number of rotatable bonds is 11. The minimum absolute atomic E-state index is 0.284. The minimum atomic E-state index is 0.284. The number of methoxy groups -OCH3 is 1. The molecule has 0 saturated heterocycles. The first-order valence-electron chi connectivity index (χ1n) is 6.23. The van der Waals surface area contributed by atoms with Crippen molar-refractivity contribution in [3.63, 3.8) is 0 Å². The Morgan fingerprint density at radius 1 is 1.13 bits per heavy atom. The topological polar surface area (TPSA) is 18.5 Å². The summed E-state index contributed by atoms with van der Waals surface area (Å²) < 4.78 is 10.8. The quantitative estimate of drug-likeness (QED) is 0.490. The molecule has 2 heteroatoms. The SMILES string of the molecule is C[CH]COCC(CCCCCCC)OC. The first-order valence-corrected chi connectivity index (χ1v) is 6.23. The summed E-state index contributed by atoms with van der Waals surface area (Å²) in [5, 5.41) is 0. The van der Waals surface area contributed by atoms with E-state index in [1.54, 1.807) is 7.11 Å². The van der Waals surface area contributed by atoms with E-state index in [1.807, 2.05) is 13.3 Å². The molecule has 0 fully saturated rings. The first-order chi connectivity index (χ1) is 7.35. The van der Waals surface area contributed by atoms with Crippen molar-refractivity contribution in [2.75, 3.05) is 20.3 Å². The Hall–Kier alpha value is -0.0800. The average molecular weight is 215 g/mol. The lowest BCUT2D eigenvalue weighted by Gasteiger charge is -2.15. The van der Waals surface area contributed by atoms with E-state index >= 15 is 0 Å². The predicted octanol–water partition coefficient (Wildman–Crippen LogP) is 3.60. The summed E-state index contributed by atoms with van der Waals surface area (Å²) in [5.74, 6) is 0. The predicted molar refractivity (Wildman–Crippen MR) is 65.0 cm³/mol. The smallest absolute Gasteiger partial charge is 0.0804 e. The highest BCUT2D eigenvalue weighted by Crippen LogP contribution is 2.09. The number of unbranched alkanes of at least 4 members (excludes halogenated alkanes) is 4. The molecular weight excluding hydrogens is 188 g/mol. The van der Waals surface area contributed by atoms with Crippen molar-refractivity contribution in [3.8, 4) is 0 Å². The van der Waals surface area contributed by atoms with Gasteiger partial charge in [-0.15, -0.1) is 0 Å². The van der Waals surface area contributed by atoms with E-state index in [0.29, 0.717) is 0 Å². The molecule has 0 aliphatic heterocycles. The molecule has 1 unspecified atom stereocenters. The van der Waals surface area contributed by atoms with Crippen LogP contribution in [0.3, 0.4) is 0 Å². The van der Waals surface area contributed by atoms with Gasteiger partial charge in [0.25, 0.3) is 0 Å². The van der Waals surface area contributed by atoms with E-state index in [-0.39, 0.29) is 6.10 Å². The van der Waals surface area contributed by atoms with Crippen LogP contribution in [0.5, 0.6) is 0 Å². The molecule has 0 bridgehead atoms. The van der Waals surface area contributed by atoms with Crippen LogP contribution in [-0.2, 0) is 9.47 Å². The summed E-state index contributed by atoms with van der Waals surface area (Å²) in [6.45, 7) is 5.71. The summed E-state index contributed by atoms with van der Waals surface area (Å²) in [6.07, 6.45) is 10.0. The molecule has 0 saturated carbocycles. The molecule has 2 nitrogen and oxygen atoms in total. The summed E-state index contributed by atoms with van der Waals surface area (Å²) in [4.78, 5) is 0. The Balaban J connectivity index is 3.28. The number of hydrogen-bond acceptors (Lipinski definition) is 2. The van der Waals surface area contributed by atoms with Gasteiger partial charge in [0.2, 0.25) is 0 Å². The fraction of sp³-hybridized carbons (Fsp3) is 0.923. The maximum atomic E-state index is 5.43. The summed E-state index contributed by atoms with van der Waals surface area (Å²) in [6, 6.07) is 0. The third-order valence-corrected chi connectivity index (χ3v) is 2.55. The van der Waals surface area contributed by atoms with E-state index < -0.39 is 0 Å². The Labute approximate surface area is 95.3 Å². The monoisotopic (exact) mass is 215 g/mol. The molecule has 0 aliphatic rings. The van der Waals surface area contributed by atoms with Gasteiger partial charge in [0.15, 0.2) is 0 Å². The van der Waals surface area contributed by atoms with Crippen LogP contribution in [0, 0.1) is 6.42 Å². The molecule has 0 aromatic heterocycles. The first kappa shape index (κ1) is 14.9.